The van der Waals surface area contributed by atoms with Crippen molar-refractivity contribution >= 4 is 0 Å². The van der Waals surface area contributed by atoms with Gasteiger partial charge in [-0.1, -0.05) is 0 Å². The lowest BCUT2D eigenvalue weighted by molar-refractivity contribution is 0.0509. The zero-order valence-corrected chi connectivity index (χ0v) is 7.05. The van der Waals surface area contributed by atoms with Gasteiger partial charge >= 0.3 is 0 Å². The van der Waals surface area contributed by atoms with E-state index < -0.39 is 0 Å². The predicted molar refractivity (Wildman–Crippen MR) is 44.2 cm³/mol. The monoisotopic (exact) mass is 156 g/mol. The highest BCUT2D eigenvalue weighted by Gasteiger charge is 2.25. The summed E-state index contributed by atoms with van der Waals surface area (Å²) in [6.45, 7) is 2.41. The number of hydrogen-bond acceptors (Lipinski definition) is 2. The molecule has 11 heavy (non-hydrogen) atoms. The zero-order valence-electron chi connectivity index (χ0n) is 7.05. The Bertz CT molecular complexity index is 132. The molecular formula is C9H16O2. The molecule has 0 aromatic rings. The van der Waals surface area contributed by atoms with Crippen molar-refractivity contribution in [3.05, 3.63) is 12.3 Å². The van der Waals surface area contributed by atoms with E-state index in [2.05, 4.69) is 13.0 Å². The summed E-state index contributed by atoms with van der Waals surface area (Å²) in [5, 5.41) is 8.57. The standard InChI is InChI=1S/C9H16O2/c1-9(5-2-3-7-10)6-4-8-11-9/h4,8,10H,2-3,5-7H2,1H3. The molecule has 0 saturated carbocycles. The number of ether oxygens (including phenoxy) is 1. The minimum atomic E-state index is 0.0230. The second-order valence-corrected chi connectivity index (χ2v) is 3.32. The molecule has 0 fully saturated rings. The Morgan fingerprint density at radius 3 is 2.91 bits per heavy atom. The molecule has 1 aliphatic heterocycles. The van der Waals surface area contributed by atoms with Crippen LogP contribution in [-0.4, -0.2) is 17.3 Å². The van der Waals surface area contributed by atoms with E-state index in [4.69, 9.17) is 9.84 Å². The molecule has 1 rings (SSSR count). The van der Waals surface area contributed by atoms with Crippen LogP contribution < -0.4 is 0 Å². The normalized spacial score (nSPS) is 28.9. The Hall–Kier alpha value is -0.500. The molecule has 1 atom stereocenters. The van der Waals surface area contributed by atoms with E-state index in [1.807, 2.05) is 0 Å². The van der Waals surface area contributed by atoms with E-state index in [-0.39, 0.29) is 5.60 Å². The second kappa shape index (κ2) is 3.77. The van der Waals surface area contributed by atoms with Crippen molar-refractivity contribution in [1.29, 1.82) is 0 Å². The molecule has 1 aliphatic rings. The Morgan fingerprint density at radius 1 is 1.55 bits per heavy atom. The largest absolute Gasteiger partial charge is 0.495 e. The van der Waals surface area contributed by atoms with Crippen LogP contribution in [0.4, 0.5) is 0 Å². The van der Waals surface area contributed by atoms with Crippen LogP contribution in [0.3, 0.4) is 0 Å². The predicted octanol–water partition coefficient (Wildman–Crippen LogP) is 1.84. The van der Waals surface area contributed by atoms with E-state index in [1.165, 1.54) is 0 Å². The Balaban J connectivity index is 2.14. The maximum Gasteiger partial charge on any atom is 0.109 e. The van der Waals surface area contributed by atoms with Gasteiger partial charge in [0.05, 0.1) is 6.26 Å². The maximum absolute atomic E-state index is 8.57. The van der Waals surface area contributed by atoms with Crippen molar-refractivity contribution in [3.63, 3.8) is 0 Å². The topological polar surface area (TPSA) is 29.5 Å². The van der Waals surface area contributed by atoms with Crippen LogP contribution in [0.25, 0.3) is 0 Å². The first-order valence-corrected chi connectivity index (χ1v) is 4.20. The third-order valence-corrected chi connectivity index (χ3v) is 2.11. The van der Waals surface area contributed by atoms with Gasteiger partial charge in [0.2, 0.25) is 0 Å². The Morgan fingerprint density at radius 2 is 2.36 bits per heavy atom. The maximum atomic E-state index is 8.57. The van der Waals surface area contributed by atoms with Crippen molar-refractivity contribution in [2.75, 3.05) is 6.61 Å². The molecule has 1 unspecified atom stereocenters. The van der Waals surface area contributed by atoms with Crippen molar-refractivity contribution < 1.29 is 9.84 Å². The Kier molecular flexibility index (Phi) is 2.94. The van der Waals surface area contributed by atoms with Gasteiger partial charge in [-0.05, 0) is 32.3 Å². The van der Waals surface area contributed by atoms with Gasteiger partial charge in [0.25, 0.3) is 0 Å². The van der Waals surface area contributed by atoms with Gasteiger partial charge in [0, 0.05) is 13.0 Å². The summed E-state index contributed by atoms with van der Waals surface area (Å²) in [7, 11) is 0. The van der Waals surface area contributed by atoms with Crippen LogP contribution in [0.15, 0.2) is 12.3 Å². The first-order chi connectivity index (χ1) is 5.27. The van der Waals surface area contributed by atoms with Crippen molar-refractivity contribution in [1.82, 2.24) is 0 Å². The number of hydrogen-bond donors (Lipinski definition) is 1. The molecule has 2 nitrogen and oxygen atoms in total. The fraction of sp³-hybridized carbons (Fsp3) is 0.778. The molecule has 0 aromatic heterocycles. The Labute approximate surface area is 67.9 Å². The van der Waals surface area contributed by atoms with Gasteiger partial charge in [0.1, 0.15) is 5.60 Å². The summed E-state index contributed by atoms with van der Waals surface area (Å²) in [6, 6.07) is 0. The fourth-order valence-electron chi connectivity index (χ4n) is 1.33. The zero-order chi connectivity index (χ0) is 8.16. The molecule has 0 spiro atoms. The molecule has 0 radical (unpaired) electrons. The summed E-state index contributed by atoms with van der Waals surface area (Å²) in [6.07, 6.45) is 7.82. The quantitative estimate of drug-likeness (QED) is 0.629. The average Bonchev–Trinajstić information content (AvgIpc) is 2.38. The lowest BCUT2D eigenvalue weighted by atomic mass is 9.96. The summed E-state index contributed by atoms with van der Waals surface area (Å²) < 4.78 is 5.42. The molecule has 0 amide bonds. The number of aliphatic hydroxyl groups is 1. The van der Waals surface area contributed by atoms with Crippen molar-refractivity contribution in [2.45, 2.75) is 38.2 Å². The van der Waals surface area contributed by atoms with E-state index >= 15 is 0 Å². The van der Waals surface area contributed by atoms with Crippen LogP contribution in [0.5, 0.6) is 0 Å². The number of rotatable bonds is 4. The SMILES string of the molecule is CC1(CCCCO)CC=CO1. The molecule has 2 heteroatoms. The highest BCUT2D eigenvalue weighted by atomic mass is 16.5. The van der Waals surface area contributed by atoms with Crippen molar-refractivity contribution in [2.24, 2.45) is 0 Å². The van der Waals surface area contributed by atoms with Crippen LogP contribution in [-0.2, 0) is 4.74 Å². The lowest BCUT2D eigenvalue weighted by Crippen LogP contribution is -2.22. The highest BCUT2D eigenvalue weighted by molar-refractivity contribution is 4.94. The molecule has 0 aromatic carbocycles. The van der Waals surface area contributed by atoms with E-state index in [0.29, 0.717) is 6.61 Å². The summed E-state index contributed by atoms with van der Waals surface area (Å²) >= 11 is 0. The number of aliphatic hydroxyl groups excluding tert-OH is 1. The molecule has 64 valence electrons. The van der Waals surface area contributed by atoms with Gasteiger partial charge in [-0.25, -0.2) is 0 Å². The van der Waals surface area contributed by atoms with E-state index in [0.717, 1.165) is 25.7 Å². The van der Waals surface area contributed by atoms with Crippen LogP contribution >= 0.6 is 0 Å². The van der Waals surface area contributed by atoms with Gasteiger partial charge in [-0.2, -0.15) is 0 Å². The third-order valence-electron chi connectivity index (χ3n) is 2.11. The van der Waals surface area contributed by atoms with Crippen LogP contribution in [0.2, 0.25) is 0 Å². The van der Waals surface area contributed by atoms with Gasteiger partial charge in [-0.15, -0.1) is 0 Å². The fourth-order valence-corrected chi connectivity index (χ4v) is 1.33. The summed E-state index contributed by atoms with van der Waals surface area (Å²) in [5.74, 6) is 0. The molecular weight excluding hydrogens is 140 g/mol. The minimum absolute atomic E-state index is 0.0230. The molecule has 0 saturated heterocycles. The van der Waals surface area contributed by atoms with Gasteiger partial charge < -0.3 is 9.84 Å². The van der Waals surface area contributed by atoms with E-state index in [1.54, 1.807) is 6.26 Å². The highest BCUT2D eigenvalue weighted by Crippen LogP contribution is 2.27. The van der Waals surface area contributed by atoms with E-state index in [9.17, 15) is 0 Å². The van der Waals surface area contributed by atoms with Crippen molar-refractivity contribution in [3.8, 4) is 0 Å². The first-order valence-electron chi connectivity index (χ1n) is 4.20. The smallest absolute Gasteiger partial charge is 0.109 e. The molecule has 1 heterocycles. The summed E-state index contributed by atoms with van der Waals surface area (Å²) in [5.41, 5.74) is 0.0230. The molecule has 0 bridgehead atoms. The van der Waals surface area contributed by atoms with Crippen LogP contribution in [0.1, 0.15) is 32.6 Å². The molecule has 0 aliphatic carbocycles. The third kappa shape index (κ3) is 2.54. The van der Waals surface area contributed by atoms with Gasteiger partial charge in [0.15, 0.2) is 0 Å². The van der Waals surface area contributed by atoms with Gasteiger partial charge in [-0.3, -0.25) is 0 Å². The first kappa shape index (κ1) is 8.60. The lowest BCUT2D eigenvalue weighted by Gasteiger charge is -2.23. The molecule has 1 N–H and O–H groups in total. The summed E-state index contributed by atoms with van der Waals surface area (Å²) in [4.78, 5) is 0. The number of unbranched alkanes of at least 4 members (excludes halogenated alkanes) is 1. The minimum Gasteiger partial charge on any atom is -0.495 e. The average molecular weight is 156 g/mol. The van der Waals surface area contributed by atoms with Crippen LogP contribution in [0, 0.1) is 0 Å². The second-order valence-electron chi connectivity index (χ2n) is 3.32.